The molecule has 0 unspecified atom stereocenters. The van der Waals surface area contributed by atoms with E-state index in [1.54, 1.807) is 6.08 Å². The molecule has 0 atom stereocenters. The third kappa shape index (κ3) is 7.96. The van der Waals surface area contributed by atoms with Gasteiger partial charge in [-0.25, -0.2) is 0 Å². The largest absolute Gasteiger partial charge is 0.482 e. The van der Waals surface area contributed by atoms with Gasteiger partial charge in [-0.15, -0.1) is 0 Å². The first kappa shape index (κ1) is 23.1. The molecule has 0 bridgehead atoms. The molecule has 0 aliphatic heterocycles. The summed E-state index contributed by atoms with van der Waals surface area (Å²) in [5, 5.41) is 2.41. The van der Waals surface area contributed by atoms with Crippen LogP contribution in [0, 0.1) is 13.8 Å². The van der Waals surface area contributed by atoms with Gasteiger partial charge in [-0.05, 0) is 71.3 Å². The lowest BCUT2D eigenvalue weighted by molar-refractivity contribution is -0.123. The summed E-state index contributed by atoms with van der Waals surface area (Å²) in [4.78, 5) is 23.8. The molecule has 6 nitrogen and oxygen atoms in total. The summed E-state index contributed by atoms with van der Waals surface area (Å²) >= 11 is 11.8. The van der Waals surface area contributed by atoms with Crippen LogP contribution in [0.1, 0.15) is 16.7 Å². The predicted octanol–water partition coefficient (Wildman–Crippen LogP) is 3.94. The second kappa shape index (κ2) is 11.1. The molecule has 152 valence electrons. The standard InChI is InChI=1S/C20H19Br2N3O3S/c1-12-3-5-14(6-4-12)7-8-17(26)23-20(29)25-24-18(27)11-28-19-13(2)9-15(21)10-16(19)22/h3-10H,11H2,1-2H3,(H,24,27)(H2,23,25,26,29)/b8-7+. The first-order chi connectivity index (χ1) is 13.7. The van der Waals surface area contributed by atoms with E-state index < -0.39 is 11.8 Å². The van der Waals surface area contributed by atoms with Crippen LogP contribution in [0.15, 0.2) is 51.4 Å². The van der Waals surface area contributed by atoms with Crippen LogP contribution in [-0.4, -0.2) is 23.5 Å². The summed E-state index contributed by atoms with van der Waals surface area (Å²) in [5.41, 5.74) is 7.73. The molecule has 2 aromatic carbocycles. The van der Waals surface area contributed by atoms with Crippen molar-refractivity contribution < 1.29 is 14.3 Å². The van der Waals surface area contributed by atoms with Gasteiger partial charge in [-0.2, -0.15) is 0 Å². The fraction of sp³-hybridized carbons (Fsp3) is 0.150. The smallest absolute Gasteiger partial charge is 0.276 e. The second-order valence-electron chi connectivity index (χ2n) is 6.06. The average molecular weight is 541 g/mol. The van der Waals surface area contributed by atoms with Crippen molar-refractivity contribution in [3.8, 4) is 5.75 Å². The van der Waals surface area contributed by atoms with Gasteiger partial charge in [0.1, 0.15) is 5.75 Å². The van der Waals surface area contributed by atoms with E-state index in [9.17, 15) is 9.59 Å². The molecule has 0 aromatic heterocycles. The number of thiocarbonyl (C=S) groups is 1. The highest BCUT2D eigenvalue weighted by Gasteiger charge is 2.10. The number of ether oxygens (including phenoxy) is 1. The average Bonchev–Trinajstić information content (AvgIpc) is 2.65. The fourth-order valence-corrected chi connectivity index (χ4v) is 3.91. The Hall–Kier alpha value is -2.23. The molecule has 2 amide bonds. The van der Waals surface area contributed by atoms with Crippen LogP contribution in [0.5, 0.6) is 5.75 Å². The lowest BCUT2D eigenvalue weighted by atomic mass is 10.1. The molecular formula is C20H19Br2N3O3S. The molecule has 0 fully saturated rings. The molecule has 2 rings (SSSR count). The number of amides is 2. The Labute approximate surface area is 191 Å². The van der Waals surface area contributed by atoms with Crippen molar-refractivity contribution in [3.63, 3.8) is 0 Å². The van der Waals surface area contributed by atoms with Crippen molar-refractivity contribution >= 4 is 67.1 Å². The van der Waals surface area contributed by atoms with Gasteiger partial charge in [0, 0.05) is 10.5 Å². The van der Waals surface area contributed by atoms with E-state index in [-0.39, 0.29) is 11.7 Å². The van der Waals surface area contributed by atoms with Gasteiger partial charge in [0.05, 0.1) is 4.47 Å². The molecular weight excluding hydrogens is 522 g/mol. The molecule has 0 spiro atoms. The quantitative estimate of drug-likeness (QED) is 0.304. The van der Waals surface area contributed by atoms with Crippen LogP contribution in [0.3, 0.4) is 0 Å². The van der Waals surface area contributed by atoms with Gasteiger partial charge in [-0.1, -0.05) is 45.8 Å². The van der Waals surface area contributed by atoms with Crippen LogP contribution >= 0.6 is 44.1 Å². The first-order valence-corrected chi connectivity index (χ1v) is 10.5. The number of hydrogen-bond acceptors (Lipinski definition) is 4. The summed E-state index contributed by atoms with van der Waals surface area (Å²) < 4.78 is 7.16. The van der Waals surface area contributed by atoms with E-state index >= 15 is 0 Å². The molecule has 0 aliphatic carbocycles. The lowest BCUT2D eigenvalue weighted by Gasteiger charge is -2.13. The van der Waals surface area contributed by atoms with E-state index in [1.165, 1.54) is 6.08 Å². The van der Waals surface area contributed by atoms with Crippen molar-refractivity contribution in [3.05, 3.63) is 68.1 Å². The van der Waals surface area contributed by atoms with E-state index in [0.29, 0.717) is 5.75 Å². The maximum atomic E-state index is 11.9. The minimum absolute atomic E-state index is 0.0297. The minimum atomic E-state index is -0.453. The molecule has 0 radical (unpaired) electrons. The zero-order valence-electron chi connectivity index (χ0n) is 15.7. The zero-order chi connectivity index (χ0) is 21.4. The van der Waals surface area contributed by atoms with Crippen LogP contribution in [0.4, 0.5) is 0 Å². The van der Waals surface area contributed by atoms with Gasteiger partial charge in [0.25, 0.3) is 5.91 Å². The van der Waals surface area contributed by atoms with E-state index in [4.69, 9.17) is 17.0 Å². The Morgan fingerprint density at radius 2 is 1.79 bits per heavy atom. The van der Waals surface area contributed by atoms with Gasteiger partial charge < -0.3 is 4.74 Å². The predicted molar refractivity (Wildman–Crippen MR) is 124 cm³/mol. The molecule has 0 heterocycles. The summed E-state index contributed by atoms with van der Waals surface area (Å²) in [6, 6.07) is 11.4. The maximum Gasteiger partial charge on any atom is 0.276 e. The Balaban J connectivity index is 1.75. The topological polar surface area (TPSA) is 79.5 Å². The third-order valence-corrected chi connectivity index (χ3v) is 4.85. The summed E-state index contributed by atoms with van der Waals surface area (Å²) in [5.74, 6) is -0.297. The van der Waals surface area contributed by atoms with Crippen molar-refractivity contribution in [2.45, 2.75) is 13.8 Å². The van der Waals surface area contributed by atoms with E-state index in [1.807, 2.05) is 50.2 Å². The molecule has 9 heteroatoms. The summed E-state index contributed by atoms with van der Waals surface area (Å²) in [7, 11) is 0. The van der Waals surface area contributed by atoms with E-state index in [2.05, 4.69) is 48.0 Å². The number of carbonyl (C=O) groups is 2. The van der Waals surface area contributed by atoms with Gasteiger partial charge in [-0.3, -0.25) is 25.8 Å². The zero-order valence-corrected chi connectivity index (χ0v) is 19.7. The van der Waals surface area contributed by atoms with Crippen LogP contribution < -0.4 is 20.9 Å². The highest BCUT2D eigenvalue weighted by molar-refractivity contribution is 9.11. The first-order valence-electron chi connectivity index (χ1n) is 8.47. The Morgan fingerprint density at radius 3 is 2.45 bits per heavy atom. The maximum absolute atomic E-state index is 11.9. The normalized spacial score (nSPS) is 10.5. The molecule has 3 N–H and O–H groups in total. The SMILES string of the molecule is Cc1ccc(/C=C/C(=O)NC(=S)NNC(=O)COc2c(C)cc(Br)cc2Br)cc1. The monoisotopic (exact) mass is 539 g/mol. The van der Waals surface area contributed by atoms with Crippen LogP contribution in [0.25, 0.3) is 6.08 Å². The molecule has 0 saturated carbocycles. The van der Waals surface area contributed by atoms with E-state index in [0.717, 1.165) is 25.6 Å². The van der Waals surface area contributed by atoms with Gasteiger partial charge >= 0.3 is 0 Å². The number of carbonyl (C=O) groups excluding carboxylic acids is 2. The van der Waals surface area contributed by atoms with Gasteiger partial charge in [0.15, 0.2) is 11.7 Å². The number of hydrazine groups is 1. The minimum Gasteiger partial charge on any atom is -0.482 e. The molecule has 0 aliphatic rings. The van der Waals surface area contributed by atoms with Gasteiger partial charge in [0.2, 0.25) is 5.91 Å². The molecule has 2 aromatic rings. The Bertz CT molecular complexity index is 923. The number of benzene rings is 2. The number of rotatable bonds is 5. The van der Waals surface area contributed by atoms with Crippen molar-refractivity contribution in [1.29, 1.82) is 0 Å². The Kier molecular flexibility index (Phi) is 8.81. The van der Waals surface area contributed by atoms with Crippen LogP contribution in [0.2, 0.25) is 0 Å². The second-order valence-corrected chi connectivity index (χ2v) is 8.24. The number of nitrogens with one attached hydrogen (secondary N) is 3. The molecule has 0 saturated heterocycles. The highest BCUT2D eigenvalue weighted by atomic mass is 79.9. The number of aryl methyl sites for hydroxylation is 2. The van der Waals surface area contributed by atoms with Crippen molar-refractivity contribution in [2.75, 3.05) is 6.61 Å². The Morgan fingerprint density at radius 1 is 1.10 bits per heavy atom. The number of halogens is 2. The van der Waals surface area contributed by atoms with Crippen molar-refractivity contribution in [1.82, 2.24) is 16.2 Å². The molecule has 29 heavy (non-hydrogen) atoms. The fourth-order valence-electron chi connectivity index (χ4n) is 2.21. The summed E-state index contributed by atoms with van der Waals surface area (Å²) in [6.45, 7) is 3.64. The lowest BCUT2D eigenvalue weighted by Crippen LogP contribution is -2.49. The summed E-state index contributed by atoms with van der Waals surface area (Å²) in [6.07, 6.45) is 3.03. The number of hydrogen-bond donors (Lipinski definition) is 3. The van der Waals surface area contributed by atoms with Crippen LogP contribution in [-0.2, 0) is 9.59 Å². The third-order valence-electron chi connectivity index (χ3n) is 3.60. The highest BCUT2D eigenvalue weighted by Crippen LogP contribution is 2.32. The van der Waals surface area contributed by atoms with Crippen molar-refractivity contribution in [2.24, 2.45) is 0 Å².